The van der Waals surface area contributed by atoms with E-state index in [9.17, 15) is 18.3 Å². The van der Waals surface area contributed by atoms with E-state index in [1.807, 2.05) is 0 Å². The van der Waals surface area contributed by atoms with Crippen molar-refractivity contribution in [2.45, 2.75) is 24.2 Å². The molecule has 1 atom stereocenters. The third-order valence-electron chi connectivity index (χ3n) is 5.76. The van der Waals surface area contributed by atoms with Gasteiger partial charge in [0.2, 0.25) is 6.79 Å². The molecule has 30 heavy (non-hydrogen) atoms. The Balaban J connectivity index is 1.76. The first-order valence-corrected chi connectivity index (χ1v) is 10.9. The minimum atomic E-state index is -3.93. The van der Waals surface area contributed by atoms with Crippen LogP contribution in [0.1, 0.15) is 17.7 Å². The average molecular weight is 429 g/mol. The molecule has 8 nitrogen and oxygen atoms in total. The van der Waals surface area contributed by atoms with Gasteiger partial charge in [-0.25, -0.2) is 12.4 Å². The van der Waals surface area contributed by atoms with Crippen LogP contribution < -0.4 is 14.2 Å². The number of hydrogen-bond acceptors (Lipinski definition) is 6. The molecule has 1 aliphatic carbocycles. The highest BCUT2D eigenvalue weighted by molar-refractivity contribution is 7.90. The molecule has 9 heteroatoms. The zero-order chi connectivity index (χ0) is 21.0. The number of carbonyl (C=O) groups is 1. The molecular weight excluding hydrogens is 410 g/mol. The van der Waals surface area contributed by atoms with Crippen molar-refractivity contribution in [1.29, 1.82) is 0 Å². The van der Waals surface area contributed by atoms with E-state index in [0.29, 0.717) is 46.7 Å². The summed E-state index contributed by atoms with van der Waals surface area (Å²) in [4.78, 5) is 11.7. The fraction of sp³-hybridized carbons (Fsp3) is 0.286. The molecular formula is C21H19NO7S. The van der Waals surface area contributed by atoms with Crippen LogP contribution in [0.4, 0.5) is 0 Å². The van der Waals surface area contributed by atoms with E-state index in [-0.39, 0.29) is 18.1 Å². The molecule has 2 aromatic carbocycles. The molecule has 1 aliphatic heterocycles. The van der Waals surface area contributed by atoms with Crippen LogP contribution in [-0.2, 0) is 27.7 Å². The lowest BCUT2D eigenvalue weighted by molar-refractivity contribution is -0.142. The van der Waals surface area contributed by atoms with Crippen LogP contribution in [-0.4, -0.2) is 37.4 Å². The quantitative estimate of drug-likeness (QED) is 0.680. The molecule has 1 aromatic heterocycles. The van der Waals surface area contributed by atoms with E-state index in [1.165, 1.54) is 23.2 Å². The highest BCUT2D eigenvalue weighted by Gasteiger charge is 2.34. The van der Waals surface area contributed by atoms with E-state index < -0.39 is 21.9 Å². The van der Waals surface area contributed by atoms with Crippen molar-refractivity contribution < 1.29 is 32.5 Å². The topological polar surface area (TPSA) is 104 Å². The Morgan fingerprint density at radius 1 is 1.17 bits per heavy atom. The minimum absolute atomic E-state index is 0.0626. The molecule has 0 amide bonds. The van der Waals surface area contributed by atoms with Crippen molar-refractivity contribution in [2.24, 2.45) is 5.92 Å². The van der Waals surface area contributed by atoms with Gasteiger partial charge in [0, 0.05) is 17.1 Å². The van der Waals surface area contributed by atoms with Gasteiger partial charge in [-0.2, -0.15) is 0 Å². The Bertz CT molecular complexity index is 1280. The predicted molar refractivity (Wildman–Crippen MR) is 107 cm³/mol. The van der Waals surface area contributed by atoms with Gasteiger partial charge in [-0.05, 0) is 55.2 Å². The number of carboxylic acid groups (broad SMARTS) is 1. The maximum Gasteiger partial charge on any atom is 0.306 e. The Kier molecular flexibility index (Phi) is 4.18. The van der Waals surface area contributed by atoms with Gasteiger partial charge in [0.15, 0.2) is 11.5 Å². The third-order valence-corrected chi connectivity index (χ3v) is 7.52. The molecule has 0 radical (unpaired) electrons. The fourth-order valence-corrected chi connectivity index (χ4v) is 5.83. The number of carboxylic acids is 1. The second-order valence-corrected chi connectivity index (χ2v) is 9.16. The number of nitrogens with zero attached hydrogens (tertiary/aromatic N) is 1. The lowest BCUT2D eigenvalue weighted by atomic mass is 9.86. The molecule has 1 unspecified atom stereocenters. The first kappa shape index (κ1) is 18.8. The SMILES string of the molecule is COc1ccc(S(=O)(=O)n2c3c(c4cc5c(cc42)OCO5)CC(C(=O)O)CC3)cc1. The van der Waals surface area contributed by atoms with Crippen molar-refractivity contribution in [3.8, 4) is 17.2 Å². The van der Waals surface area contributed by atoms with Crippen LogP contribution in [0.25, 0.3) is 10.9 Å². The van der Waals surface area contributed by atoms with Gasteiger partial charge < -0.3 is 19.3 Å². The number of benzene rings is 2. The molecule has 0 spiro atoms. The normalized spacial score (nSPS) is 17.7. The number of aromatic nitrogens is 1. The molecule has 0 bridgehead atoms. The van der Waals surface area contributed by atoms with Crippen molar-refractivity contribution in [2.75, 3.05) is 13.9 Å². The van der Waals surface area contributed by atoms with E-state index in [1.54, 1.807) is 24.3 Å². The number of hydrogen-bond donors (Lipinski definition) is 1. The minimum Gasteiger partial charge on any atom is -0.497 e. The Morgan fingerprint density at radius 3 is 2.53 bits per heavy atom. The molecule has 5 rings (SSSR count). The van der Waals surface area contributed by atoms with Gasteiger partial charge in [-0.3, -0.25) is 4.79 Å². The van der Waals surface area contributed by atoms with Gasteiger partial charge in [-0.1, -0.05) is 0 Å². The lowest BCUT2D eigenvalue weighted by Crippen LogP contribution is -2.24. The standard InChI is InChI=1S/C21H19NO7S/c1-27-13-3-5-14(6-4-13)30(25,26)22-17-7-2-12(21(23)24)8-15(17)16-9-19-20(10-18(16)22)29-11-28-19/h3-6,9-10,12H,2,7-8,11H2,1H3,(H,23,24). The number of ether oxygens (including phenoxy) is 3. The van der Waals surface area contributed by atoms with Gasteiger partial charge >= 0.3 is 5.97 Å². The summed E-state index contributed by atoms with van der Waals surface area (Å²) in [5.74, 6) is 0.132. The molecule has 1 N–H and O–H groups in total. The fourth-order valence-electron chi connectivity index (χ4n) is 4.24. The Hall–Kier alpha value is -3.20. The monoisotopic (exact) mass is 429 g/mol. The van der Waals surface area contributed by atoms with Gasteiger partial charge in [-0.15, -0.1) is 0 Å². The van der Waals surface area contributed by atoms with Crippen LogP contribution in [0.15, 0.2) is 41.3 Å². The van der Waals surface area contributed by atoms with Crippen molar-refractivity contribution in [1.82, 2.24) is 3.97 Å². The number of fused-ring (bicyclic) bond motifs is 4. The molecule has 2 heterocycles. The summed E-state index contributed by atoms with van der Waals surface area (Å²) in [5, 5.41) is 10.2. The zero-order valence-corrected chi connectivity index (χ0v) is 16.9. The van der Waals surface area contributed by atoms with E-state index in [2.05, 4.69) is 0 Å². The maximum atomic E-state index is 13.6. The summed E-state index contributed by atoms with van der Waals surface area (Å²) < 4.78 is 44.6. The number of aliphatic carboxylic acids is 1. The molecule has 0 saturated heterocycles. The average Bonchev–Trinajstić information content (AvgIpc) is 3.33. The summed E-state index contributed by atoms with van der Waals surface area (Å²) in [6.45, 7) is 0.0626. The number of rotatable bonds is 4. The highest BCUT2D eigenvalue weighted by atomic mass is 32.2. The summed E-state index contributed by atoms with van der Waals surface area (Å²) in [7, 11) is -2.41. The second kappa shape index (κ2) is 6.66. The van der Waals surface area contributed by atoms with E-state index in [0.717, 1.165) is 5.56 Å². The molecule has 156 valence electrons. The zero-order valence-electron chi connectivity index (χ0n) is 16.1. The molecule has 3 aromatic rings. The first-order chi connectivity index (χ1) is 14.4. The first-order valence-electron chi connectivity index (χ1n) is 9.48. The second-order valence-electron chi connectivity index (χ2n) is 7.37. The van der Waals surface area contributed by atoms with Gasteiger partial charge in [0.1, 0.15) is 5.75 Å². The van der Waals surface area contributed by atoms with Crippen molar-refractivity contribution >= 4 is 26.9 Å². The van der Waals surface area contributed by atoms with Crippen molar-refractivity contribution in [3.05, 3.63) is 47.7 Å². The van der Waals surface area contributed by atoms with Crippen LogP contribution >= 0.6 is 0 Å². The van der Waals surface area contributed by atoms with Crippen LogP contribution in [0, 0.1) is 5.92 Å². The lowest BCUT2D eigenvalue weighted by Gasteiger charge is -2.21. The largest absolute Gasteiger partial charge is 0.497 e. The Labute approximate surface area is 172 Å². The van der Waals surface area contributed by atoms with E-state index >= 15 is 0 Å². The Morgan fingerprint density at radius 2 is 1.87 bits per heavy atom. The number of methoxy groups -OCH3 is 1. The summed E-state index contributed by atoms with van der Waals surface area (Å²) >= 11 is 0. The smallest absolute Gasteiger partial charge is 0.306 e. The summed E-state index contributed by atoms with van der Waals surface area (Å²) in [6, 6.07) is 9.61. The third kappa shape index (κ3) is 2.72. The molecule has 2 aliphatic rings. The predicted octanol–water partition coefficient (Wildman–Crippen LogP) is 2.81. The summed E-state index contributed by atoms with van der Waals surface area (Å²) in [6.07, 6.45) is 0.998. The van der Waals surface area contributed by atoms with Crippen LogP contribution in [0.3, 0.4) is 0 Å². The van der Waals surface area contributed by atoms with Gasteiger partial charge in [0.25, 0.3) is 10.0 Å². The van der Waals surface area contributed by atoms with Gasteiger partial charge in [0.05, 0.1) is 23.4 Å². The maximum absolute atomic E-state index is 13.6. The highest BCUT2D eigenvalue weighted by Crippen LogP contribution is 2.43. The van der Waals surface area contributed by atoms with E-state index in [4.69, 9.17) is 14.2 Å². The molecule has 0 fully saturated rings. The van der Waals surface area contributed by atoms with Crippen LogP contribution in [0.5, 0.6) is 17.2 Å². The molecule has 0 saturated carbocycles. The summed E-state index contributed by atoms with van der Waals surface area (Å²) in [5.41, 5.74) is 1.81. The van der Waals surface area contributed by atoms with Crippen LogP contribution in [0.2, 0.25) is 0 Å². The van der Waals surface area contributed by atoms with Crippen molar-refractivity contribution in [3.63, 3.8) is 0 Å².